The summed E-state index contributed by atoms with van der Waals surface area (Å²) in [5, 5.41) is 4.62. The number of nitrogen functional groups attached to an aromatic ring is 1. The summed E-state index contributed by atoms with van der Waals surface area (Å²) in [7, 11) is 1.71. The fraction of sp³-hybridized carbons (Fsp3) is 0.500. The van der Waals surface area contributed by atoms with Gasteiger partial charge in [-0.2, -0.15) is 5.10 Å². The Hall–Kier alpha value is -2.81. The Bertz CT molecular complexity index is 1050. The van der Waals surface area contributed by atoms with E-state index < -0.39 is 17.2 Å². The molecule has 0 radical (unpaired) electrons. The van der Waals surface area contributed by atoms with Gasteiger partial charge in [0, 0.05) is 31.8 Å². The van der Waals surface area contributed by atoms with Crippen molar-refractivity contribution in [1.82, 2.24) is 19.3 Å². The first-order valence-electron chi connectivity index (χ1n) is 10.0. The third kappa shape index (κ3) is 5.02. The molecule has 2 aromatic rings. The Labute approximate surface area is 180 Å². The molecule has 0 aromatic carbocycles. The molecular formula is C20H29ClN6O3. The summed E-state index contributed by atoms with van der Waals surface area (Å²) in [6.45, 7) is 6.41. The van der Waals surface area contributed by atoms with Crippen LogP contribution in [0.5, 0.6) is 0 Å². The average molecular weight is 437 g/mol. The number of halogens is 1. The van der Waals surface area contributed by atoms with Gasteiger partial charge in [0.2, 0.25) is 0 Å². The van der Waals surface area contributed by atoms with E-state index in [0.29, 0.717) is 35.9 Å². The number of H-pyrrole nitrogens is 1. The molecular weight excluding hydrogens is 408 g/mol. The molecule has 1 amide bonds. The van der Waals surface area contributed by atoms with Gasteiger partial charge in [0.15, 0.2) is 5.69 Å². The molecule has 0 aliphatic carbocycles. The highest BCUT2D eigenvalue weighted by molar-refractivity contribution is 6.31. The van der Waals surface area contributed by atoms with Crippen molar-refractivity contribution in [3.05, 3.63) is 43.3 Å². The predicted molar refractivity (Wildman–Crippen MR) is 120 cm³/mol. The van der Waals surface area contributed by atoms with Gasteiger partial charge in [-0.25, -0.2) is 4.79 Å². The van der Waals surface area contributed by atoms with E-state index in [9.17, 15) is 14.4 Å². The zero-order valence-corrected chi connectivity index (χ0v) is 18.6. The zero-order chi connectivity index (χ0) is 22.4. The summed E-state index contributed by atoms with van der Waals surface area (Å²) in [6.07, 6.45) is 5.97. The quantitative estimate of drug-likeness (QED) is 0.585. The predicted octanol–water partition coefficient (Wildman–Crippen LogP) is 2.46. The maximum atomic E-state index is 13.0. The van der Waals surface area contributed by atoms with Crippen LogP contribution in [0, 0.1) is 6.92 Å². The van der Waals surface area contributed by atoms with E-state index in [-0.39, 0.29) is 11.5 Å². The van der Waals surface area contributed by atoms with Crippen molar-refractivity contribution in [3.8, 4) is 0 Å². The van der Waals surface area contributed by atoms with Gasteiger partial charge in [0.25, 0.3) is 11.5 Å². The first-order chi connectivity index (χ1) is 14.2. The lowest BCUT2D eigenvalue weighted by Crippen LogP contribution is -2.41. The van der Waals surface area contributed by atoms with Crippen molar-refractivity contribution in [2.24, 2.45) is 7.05 Å². The second kappa shape index (κ2) is 10.3. The molecule has 9 nitrogen and oxygen atoms in total. The van der Waals surface area contributed by atoms with E-state index in [2.05, 4.69) is 10.1 Å². The molecule has 0 spiro atoms. The number of nitrogens with one attached hydrogen (secondary N) is 1. The number of aromatic amines is 1. The third-order valence-corrected chi connectivity index (χ3v) is 5.26. The summed E-state index contributed by atoms with van der Waals surface area (Å²) in [6, 6.07) is 0. The second-order valence-electron chi connectivity index (χ2n) is 7.09. The van der Waals surface area contributed by atoms with Crippen LogP contribution >= 0.6 is 11.6 Å². The van der Waals surface area contributed by atoms with Crippen LogP contribution in [0.1, 0.15) is 50.8 Å². The largest absolute Gasteiger partial charge is 0.383 e. The van der Waals surface area contributed by atoms with E-state index in [1.54, 1.807) is 20.0 Å². The summed E-state index contributed by atoms with van der Waals surface area (Å²) < 4.78 is 2.82. The Kier molecular flexibility index (Phi) is 8.05. The van der Waals surface area contributed by atoms with Crippen LogP contribution in [0.4, 0.5) is 11.5 Å². The highest BCUT2D eigenvalue weighted by atomic mass is 35.5. The molecule has 3 N–H and O–H groups in total. The van der Waals surface area contributed by atoms with Gasteiger partial charge in [0.05, 0.1) is 5.69 Å². The highest BCUT2D eigenvalue weighted by Crippen LogP contribution is 2.22. The van der Waals surface area contributed by atoms with Gasteiger partial charge in [-0.1, -0.05) is 38.3 Å². The van der Waals surface area contributed by atoms with Crippen molar-refractivity contribution in [2.45, 2.75) is 53.0 Å². The van der Waals surface area contributed by atoms with E-state index in [1.807, 2.05) is 13.8 Å². The molecule has 0 atom stereocenters. The van der Waals surface area contributed by atoms with Gasteiger partial charge in [-0.05, 0) is 25.8 Å². The van der Waals surface area contributed by atoms with Crippen LogP contribution in [-0.2, 0) is 18.4 Å². The first-order valence-corrected chi connectivity index (χ1v) is 10.4. The first kappa shape index (κ1) is 23.5. The second-order valence-corrected chi connectivity index (χ2v) is 7.45. The van der Waals surface area contributed by atoms with Gasteiger partial charge in [-0.15, -0.1) is 0 Å². The van der Waals surface area contributed by atoms with Crippen LogP contribution in [0.3, 0.4) is 0 Å². The van der Waals surface area contributed by atoms with Crippen LogP contribution < -0.4 is 21.9 Å². The average Bonchev–Trinajstić information content (AvgIpc) is 2.93. The van der Waals surface area contributed by atoms with Crippen molar-refractivity contribution >= 4 is 35.1 Å². The molecule has 0 aliphatic rings. The molecule has 2 heterocycles. The normalized spacial score (nSPS) is 11.4. The van der Waals surface area contributed by atoms with E-state index >= 15 is 0 Å². The van der Waals surface area contributed by atoms with Gasteiger partial charge >= 0.3 is 5.69 Å². The molecule has 0 fully saturated rings. The number of amides is 1. The molecule has 0 bridgehead atoms. The zero-order valence-electron chi connectivity index (χ0n) is 17.9. The fourth-order valence-electron chi connectivity index (χ4n) is 3.11. The topological polar surface area (TPSA) is 119 Å². The number of hydrogen-bond donors (Lipinski definition) is 2. The summed E-state index contributed by atoms with van der Waals surface area (Å²) in [5.74, 6) is -0.439. The molecule has 164 valence electrons. The van der Waals surface area contributed by atoms with Crippen molar-refractivity contribution in [2.75, 3.05) is 17.2 Å². The van der Waals surface area contributed by atoms with Gasteiger partial charge < -0.3 is 10.6 Å². The Balaban J connectivity index is 2.49. The van der Waals surface area contributed by atoms with Crippen molar-refractivity contribution in [3.63, 3.8) is 0 Å². The minimum absolute atomic E-state index is 0.00866. The number of carbonyl (C=O) groups excluding carboxylic acids is 1. The number of hydrogen-bond acceptors (Lipinski definition) is 5. The molecule has 30 heavy (non-hydrogen) atoms. The number of rotatable bonds is 9. The lowest BCUT2D eigenvalue weighted by Gasteiger charge is -2.23. The van der Waals surface area contributed by atoms with Gasteiger partial charge in [0.1, 0.15) is 11.0 Å². The number of nitrogens with zero attached hydrogens (tertiary/aromatic N) is 4. The Morgan fingerprint density at radius 1 is 1.27 bits per heavy atom. The third-order valence-electron chi connectivity index (χ3n) is 4.81. The molecule has 2 rings (SSSR count). The van der Waals surface area contributed by atoms with Crippen molar-refractivity contribution < 1.29 is 4.79 Å². The van der Waals surface area contributed by atoms with Crippen LogP contribution in [0.25, 0.3) is 6.08 Å². The Morgan fingerprint density at radius 3 is 2.50 bits per heavy atom. The molecule has 0 saturated carbocycles. The number of aryl methyl sites for hydroxylation is 2. The van der Waals surface area contributed by atoms with E-state index in [1.165, 1.54) is 20.2 Å². The van der Waals surface area contributed by atoms with Crippen LogP contribution in [0.2, 0.25) is 5.15 Å². The van der Waals surface area contributed by atoms with E-state index in [4.69, 9.17) is 17.3 Å². The van der Waals surface area contributed by atoms with Gasteiger partial charge in [-0.3, -0.25) is 23.8 Å². The van der Waals surface area contributed by atoms with E-state index in [0.717, 1.165) is 19.3 Å². The molecule has 0 saturated heterocycles. The minimum atomic E-state index is -0.682. The van der Waals surface area contributed by atoms with Crippen molar-refractivity contribution in [1.29, 1.82) is 0 Å². The molecule has 0 aliphatic heterocycles. The molecule has 0 unspecified atom stereocenters. The SMILES string of the molecule is CCCCN(C(=O)/C=C/c1c(C)nn(C)c1Cl)c1c(N)n(CCCC)c(=O)[nH]c1=O. The number of unbranched alkanes of at least 4 members (excludes halogenated alkanes) is 2. The lowest BCUT2D eigenvalue weighted by molar-refractivity contribution is -0.114. The summed E-state index contributed by atoms with van der Waals surface area (Å²) in [4.78, 5) is 41.4. The number of anilines is 2. The standard InChI is InChI=1S/C20H29ClN6O3/c1-5-7-11-26(15(28)10-9-14-13(3)24-25(4)17(14)21)16-18(22)27(12-8-6-2)20(30)23-19(16)29/h9-10H,5-8,11-12,22H2,1-4H3,(H,23,29,30)/b10-9+. The lowest BCUT2D eigenvalue weighted by atomic mass is 10.2. The maximum Gasteiger partial charge on any atom is 0.330 e. The Morgan fingerprint density at radius 2 is 1.93 bits per heavy atom. The maximum absolute atomic E-state index is 13.0. The fourth-order valence-corrected chi connectivity index (χ4v) is 3.34. The highest BCUT2D eigenvalue weighted by Gasteiger charge is 2.22. The van der Waals surface area contributed by atoms with Crippen LogP contribution in [0.15, 0.2) is 15.7 Å². The smallest absolute Gasteiger partial charge is 0.330 e. The summed E-state index contributed by atoms with van der Waals surface area (Å²) >= 11 is 6.23. The molecule has 10 heteroatoms. The molecule has 2 aromatic heterocycles. The monoisotopic (exact) mass is 436 g/mol. The minimum Gasteiger partial charge on any atom is -0.383 e. The number of carbonyl (C=O) groups is 1. The number of aromatic nitrogens is 4. The van der Waals surface area contributed by atoms with Crippen LogP contribution in [-0.4, -0.2) is 31.8 Å². The number of nitrogens with two attached hydrogens (primary N) is 1. The summed E-state index contributed by atoms with van der Waals surface area (Å²) in [5.41, 5.74) is 6.22.